The normalized spacial score (nSPS) is 10.8. The zero-order chi connectivity index (χ0) is 20.2. The first-order valence-corrected chi connectivity index (χ1v) is 9.49. The second-order valence-corrected chi connectivity index (χ2v) is 6.91. The van der Waals surface area contributed by atoms with Crippen LogP contribution < -0.4 is 10.2 Å². The van der Waals surface area contributed by atoms with Crippen LogP contribution in [0.15, 0.2) is 88.1 Å². The third kappa shape index (κ3) is 4.11. The molecule has 0 amide bonds. The molecule has 4 aromatic rings. The lowest BCUT2D eigenvalue weighted by Crippen LogP contribution is -2.16. The van der Waals surface area contributed by atoms with Gasteiger partial charge in [-0.05, 0) is 31.0 Å². The van der Waals surface area contributed by atoms with Gasteiger partial charge in [0.05, 0.1) is 5.39 Å². The first kappa shape index (κ1) is 18.7. The second-order valence-electron chi connectivity index (χ2n) is 6.91. The van der Waals surface area contributed by atoms with Gasteiger partial charge in [-0.3, -0.25) is 9.59 Å². The number of carbonyl (C=O) groups excluding carboxylic acids is 1. The van der Waals surface area contributed by atoms with E-state index in [-0.39, 0.29) is 23.4 Å². The van der Waals surface area contributed by atoms with E-state index in [0.29, 0.717) is 23.0 Å². The monoisotopic (exact) mass is 384 g/mol. The molecule has 0 saturated heterocycles. The summed E-state index contributed by atoms with van der Waals surface area (Å²) >= 11 is 0. The molecule has 29 heavy (non-hydrogen) atoms. The van der Waals surface area contributed by atoms with Crippen LogP contribution in [-0.2, 0) is 11.2 Å². The largest absolute Gasteiger partial charge is 0.452 e. The van der Waals surface area contributed by atoms with Crippen LogP contribution in [0, 0.1) is 6.92 Å². The number of fused-ring (bicyclic) bond motifs is 1. The highest BCUT2D eigenvalue weighted by molar-refractivity contribution is 5.84. The third-order valence-corrected chi connectivity index (χ3v) is 4.75. The third-order valence-electron chi connectivity index (χ3n) is 4.75. The summed E-state index contributed by atoms with van der Waals surface area (Å²) in [5, 5.41) is 0.384. The number of carbonyl (C=O) groups is 1. The van der Waals surface area contributed by atoms with E-state index in [9.17, 15) is 9.59 Å². The van der Waals surface area contributed by atoms with Crippen LogP contribution >= 0.6 is 0 Å². The highest BCUT2D eigenvalue weighted by Crippen LogP contribution is 2.31. The van der Waals surface area contributed by atoms with E-state index in [1.165, 1.54) is 0 Å². The molecule has 0 aliphatic rings. The van der Waals surface area contributed by atoms with E-state index < -0.39 is 5.97 Å². The Morgan fingerprint density at radius 3 is 2.34 bits per heavy atom. The number of benzene rings is 3. The summed E-state index contributed by atoms with van der Waals surface area (Å²) in [4.78, 5) is 25.6. The summed E-state index contributed by atoms with van der Waals surface area (Å²) in [6.45, 7) is 1.98. The molecular formula is C25H20O4. The molecule has 0 fully saturated rings. The van der Waals surface area contributed by atoms with Gasteiger partial charge in [0.15, 0.2) is 5.76 Å². The van der Waals surface area contributed by atoms with Gasteiger partial charge in [0.1, 0.15) is 5.58 Å². The molecule has 1 aromatic heterocycles. The molecule has 3 aromatic carbocycles. The number of aryl methyl sites for hydroxylation is 2. The second kappa shape index (κ2) is 8.15. The Morgan fingerprint density at radius 1 is 0.897 bits per heavy atom. The molecule has 0 N–H and O–H groups in total. The summed E-state index contributed by atoms with van der Waals surface area (Å²) in [5.74, 6) is -0.267. The Labute approximate surface area is 168 Å². The highest BCUT2D eigenvalue weighted by atomic mass is 16.5. The number of ether oxygens (including phenoxy) is 1. The van der Waals surface area contributed by atoms with E-state index in [1.54, 1.807) is 24.3 Å². The van der Waals surface area contributed by atoms with Gasteiger partial charge < -0.3 is 9.15 Å². The van der Waals surface area contributed by atoms with E-state index in [4.69, 9.17) is 9.15 Å². The predicted octanol–water partition coefficient (Wildman–Crippen LogP) is 5.31. The SMILES string of the molecule is Cc1ccc(-c2oc3ccccc3c(=O)c2OC(=O)CCc2ccccc2)cc1. The van der Waals surface area contributed by atoms with Crippen molar-refractivity contribution in [1.82, 2.24) is 0 Å². The molecule has 0 aliphatic carbocycles. The fourth-order valence-corrected chi connectivity index (χ4v) is 3.17. The van der Waals surface area contributed by atoms with E-state index in [2.05, 4.69) is 0 Å². The van der Waals surface area contributed by atoms with Gasteiger partial charge in [-0.15, -0.1) is 0 Å². The van der Waals surface area contributed by atoms with Crippen molar-refractivity contribution in [1.29, 1.82) is 0 Å². The molecule has 0 atom stereocenters. The summed E-state index contributed by atoms with van der Waals surface area (Å²) in [7, 11) is 0. The number of para-hydroxylation sites is 1. The summed E-state index contributed by atoms with van der Waals surface area (Å²) < 4.78 is 11.5. The molecule has 4 heteroatoms. The van der Waals surface area contributed by atoms with Crippen molar-refractivity contribution in [3.05, 3.63) is 100 Å². The molecule has 4 rings (SSSR count). The quantitative estimate of drug-likeness (QED) is 0.438. The van der Waals surface area contributed by atoms with Crippen molar-refractivity contribution in [2.45, 2.75) is 19.8 Å². The summed E-state index contributed by atoms with van der Waals surface area (Å²) in [5.41, 5.74) is 2.91. The van der Waals surface area contributed by atoms with Gasteiger partial charge in [-0.2, -0.15) is 0 Å². The molecule has 4 nitrogen and oxygen atoms in total. The molecular weight excluding hydrogens is 364 g/mol. The van der Waals surface area contributed by atoms with Crippen LogP contribution in [-0.4, -0.2) is 5.97 Å². The number of hydrogen-bond acceptors (Lipinski definition) is 4. The molecule has 0 saturated carbocycles. The van der Waals surface area contributed by atoms with E-state index >= 15 is 0 Å². The van der Waals surface area contributed by atoms with Gasteiger partial charge in [0.25, 0.3) is 0 Å². The lowest BCUT2D eigenvalue weighted by Gasteiger charge is -2.11. The molecule has 0 bridgehead atoms. The Balaban J connectivity index is 1.70. The highest BCUT2D eigenvalue weighted by Gasteiger charge is 2.20. The number of rotatable bonds is 5. The van der Waals surface area contributed by atoms with Gasteiger partial charge in [-0.25, -0.2) is 0 Å². The van der Waals surface area contributed by atoms with Crippen molar-refractivity contribution in [3.8, 4) is 17.1 Å². The van der Waals surface area contributed by atoms with Gasteiger partial charge >= 0.3 is 5.97 Å². The molecule has 0 unspecified atom stereocenters. The lowest BCUT2D eigenvalue weighted by atomic mass is 10.1. The fourth-order valence-electron chi connectivity index (χ4n) is 3.17. The maximum atomic E-state index is 13.1. The van der Waals surface area contributed by atoms with E-state index in [0.717, 1.165) is 11.1 Å². The first-order chi connectivity index (χ1) is 14.1. The minimum Gasteiger partial charge on any atom is -0.452 e. The van der Waals surface area contributed by atoms with Crippen molar-refractivity contribution < 1.29 is 13.9 Å². The van der Waals surface area contributed by atoms with Crippen molar-refractivity contribution in [2.75, 3.05) is 0 Å². The Bertz CT molecular complexity index is 1210. The molecule has 1 heterocycles. The van der Waals surface area contributed by atoms with E-state index in [1.807, 2.05) is 61.5 Å². The lowest BCUT2D eigenvalue weighted by molar-refractivity contribution is -0.134. The minimum absolute atomic E-state index is 0.0642. The molecule has 0 aliphatic heterocycles. The average molecular weight is 384 g/mol. The maximum Gasteiger partial charge on any atom is 0.311 e. The van der Waals surface area contributed by atoms with Crippen molar-refractivity contribution in [2.24, 2.45) is 0 Å². The van der Waals surface area contributed by atoms with Crippen molar-refractivity contribution in [3.63, 3.8) is 0 Å². The van der Waals surface area contributed by atoms with Crippen LogP contribution in [0.1, 0.15) is 17.5 Å². The summed E-state index contributed by atoms with van der Waals surface area (Å²) in [6, 6.07) is 24.2. The van der Waals surface area contributed by atoms with Crippen LogP contribution in [0.5, 0.6) is 5.75 Å². The Morgan fingerprint density at radius 2 is 1.59 bits per heavy atom. The van der Waals surface area contributed by atoms with Gasteiger partial charge in [0, 0.05) is 12.0 Å². The molecule has 0 radical (unpaired) electrons. The van der Waals surface area contributed by atoms with Crippen molar-refractivity contribution >= 4 is 16.9 Å². The smallest absolute Gasteiger partial charge is 0.311 e. The van der Waals surface area contributed by atoms with Crippen LogP contribution in [0.3, 0.4) is 0 Å². The van der Waals surface area contributed by atoms with Crippen LogP contribution in [0.2, 0.25) is 0 Å². The minimum atomic E-state index is -0.468. The standard InChI is InChI=1S/C25H20O4/c1-17-11-14-19(15-12-17)24-25(23(27)20-9-5-6-10-21(20)28-24)29-22(26)16-13-18-7-3-2-4-8-18/h2-12,14-15H,13,16H2,1H3. The topological polar surface area (TPSA) is 56.5 Å². The van der Waals surface area contributed by atoms with Gasteiger partial charge in [-0.1, -0.05) is 72.3 Å². The Kier molecular flexibility index (Phi) is 5.25. The zero-order valence-electron chi connectivity index (χ0n) is 16.1. The van der Waals surface area contributed by atoms with Crippen LogP contribution in [0.4, 0.5) is 0 Å². The average Bonchev–Trinajstić information content (AvgIpc) is 2.75. The fraction of sp³-hybridized carbons (Fsp3) is 0.120. The molecule has 0 spiro atoms. The first-order valence-electron chi connectivity index (χ1n) is 9.49. The summed E-state index contributed by atoms with van der Waals surface area (Å²) in [6.07, 6.45) is 0.710. The van der Waals surface area contributed by atoms with Gasteiger partial charge in [0.2, 0.25) is 11.2 Å². The molecule has 144 valence electrons. The number of hydrogen-bond donors (Lipinski definition) is 0. The Hall–Kier alpha value is -3.66. The zero-order valence-corrected chi connectivity index (χ0v) is 16.1. The predicted molar refractivity (Wildman–Crippen MR) is 113 cm³/mol. The number of esters is 1. The van der Waals surface area contributed by atoms with Crippen LogP contribution in [0.25, 0.3) is 22.3 Å². The maximum absolute atomic E-state index is 13.1.